The van der Waals surface area contributed by atoms with Crippen LogP contribution < -0.4 is 0 Å². The molecule has 2 fully saturated rings. The van der Waals surface area contributed by atoms with Crippen molar-refractivity contribution < 1.29 is 52.3 Å². The quantitative estimate of drug-likeness (QED) is 0.235. The zero-order valence-corrected chi connectivity index (χ0v) is 29.8. The minimum absolute atomic E-state index is 0.345. The Morgan fingerprint density at radius 3 is 1.28 bits per heavy atom. The Balaban J connectivity index is 2.45. The first-order valence-electron chi connectivity index (χ1n) is 13.8. The van der Waals surface area contributed by atoms with E-state index in [0.717, 1.165) is 0 Å². The van der Waals surface area contributed by atoms with Gasteiger partial charge in [-0.15, -0.1) is 0 Å². The van der Waals surface area contributed by atoms with Gasteiger partial charge >= 0.3 is 0 Å². The Kier molecular flexibility index (Phi) is 12.2. The minimum Gasteiger partial charge on any atom is -0.409 e. The molecule has 0 saturated carbocycles. The van der Waals surface area contributed by atoms with Crippen LogP contribution in [0.5, 0.6) is 0 Å². The van der Waals surface area contributed by atoms with Crippen LogP contribution in [0.15, 0.2) is 0 Å². The van der Waals surface area contributed by atoms with E-state index in [2.05, 4.69) is 39.3 Å². The number of rotatable bonds is 12. The highest BCUT2D eigenvalue weighted by Crippen LogP contribution is 2.36. The number of hydrogen-bond donors (Lipinski definition) is 4. The maximum atomic E-state index is 11.0. The molecule has 0 aliphatic carbocycles. The maximum Gasteiger partial charge on any atom is 0.189 e. The highest BCUT2D eigenvalue weighted by Gasteiger charge is 2.54. The summed E-state index contributed by atoms with van der Waals surface area (Å²) in [4.78, 5) is 0. The molecule has 0 unspecified atom stereocenters. The average Bonchev–Trinajstić information content (AvgIpc) is 2.73. The fourth-order valence-electron chi connectivity index (χ4n) is 4.61. The summed E-state index contributed by atoms with van der Waals surface area (Å²) in [5, 5.41) is 42.4. The number of aliphatic hydroxyl groups excluding tert-OH is 4. The van der Waals surface area contributed by atoms with Gasteiger partial charge in [-0.2, -0.15) is 0 Å². The molecule has 2 heterocycles. The summed E-state index contributed by atoms with van der Waals surface area (Å²) >= 11 is 0. The van der Waals surface area contributed by atoms with E-state index < -0.39 is 101 Å². The molecule has 0 bridgehead atoms. The number of ether oxygens (including phenoxy) is 3. The first kappa shape index (κ1) is 35.6. The Hall–Kier alpha value is 0.428. The van der Waals surface area contributed by atoms with Crippen LogP contribution in [-0.2, 0) is 31.9 Å². The van der Waals surface area contributed by atoms with Crippen molar-refractivity contribution in [2.75, 3.05) is 13.2 Å². The minimum atomic E-state index is -2.22. The Bertz CT molecular complexity index is 763. The monoisotopic (exact) mass is 630 g/mol. The van der Waals surface area contributed by atoms with E-state index in [1.165, 1.54) is 0 Å². The second kappa shape index (κ2) is 13.4. The van der Waals surface area contributed by atoms with Gasteiger partial charge in [0.05, 0.1) is 13.2 Å². The van der Waals surface area contributed by atoms with Gasteiger partial charge in [0.25, 0.3) is 0 Å². The lowest BCUT2D eigenvalue weighted by molar-refractivity contribution is -0.371. The molecule has 11 nitrogen and oxygen atoms in total. The molecule has 2 rings (SSSR count). The van der Waals surface area contributed by atoms with Gasteiger partial charge < -0.3 is 52.3 Å². The third-order valence-electron chi connectivity index (χ3n) is 5.82. The lowest BCUT2D eigenvalue weighted by Crippen LogP contribution is -2.68. The van der Waals surface area contributed by atoms with E-state index in [0.29, 0.717) is 0 Å². The molecular formula is C24H54O11Si4. The summed E-state index contributed by atoms with van der Waals surface area (Å²) in [7, 11) is -8.64. The van der Waals surface area contributed by atoms with E-state index >= 15 is 0 Å². The third-order valence-corrected chi connectivity index (χ3v) is 9.74. The molecule has 0 aromatic rings. The van der Waals surface area contributed by atoms with E-state index in [-0.39, 0.29) is 6.61 Å². The first-order valence-corrected chi connectivity index (χ1v) is 27.4. The molecule has 2 aliphatic heterocycles. The van der Waals surface area contributed by atoms with Crippen LogP contribution in [-0.4, -0.2) is 128 Å². The Labute approximate surface area is 238 Å². The van der Waals surface area contributed by atoms with Gasteiger partial charge in [-0.25, -0.2) is 0 Å². The number of hydrogen-bond acceptors (Lipinski definition) is 11. The van der Waals surface area contributed by atoms with E-state index in [4.69, 9.17) is 31.9 Å². The predicted molar refractivity (Wildman–Crippen MR) is 157 cm³/mol. The van der Waals surface area contributed by atoms with Gasteiger partial charge in [0, 0.05) is 0 Å². The summed E-state index contributed by atoms with van der Waals surface area (Å²) in [5.41, 5.74) is 0. The normalized spacial score (nSPS) is 37.2. The zero-order chi connectivity index (χ0) is 30.1. The highest BCUT2D eigenvalue weighted by molar-refractivity contribution is 6.71. The van der Waals surface area contributed by atoms with Gasteiger partial charge in [-0.1, -0.05) is 0 Å². The smallest absolute Gasteiger partial charge is 0.189 e. The summed E-state index contributed by atoms with van der Waals surface area (Å²) < 4.78 is 44.2. The van der Waals surface area contributed by atoms with Gasteiger partial charge in [0.15, 0.2) is 45.8 Å². The maximum absolute atomic E-state index is 11.0. The van der Waals surface area contributed by atoms with Crippen molar-refractivity contribution in [3.8, 4) is 0 Å². The molecule has 232 valence electrons. The fraction of sp³-hybridized carbons (Fsp3) is 1.00. The Morgan fingerprint density at radius 2 is 0.846 bits per heavy atom. The average molecular weight is 631 g/mol. The molecule has 2 saturated heterocycles. The van der Waals surface area contributed by atoms with Crippen molar-refractivity contribution in [2.45, 2.75) is 140 Å². The van der Waals surface area contributed by atoms with Gasteiger partial charge in [0.2, 0.25) is 0 Å². The highest BCUT2D eigenvalue weighted by atomic mass is 28.4. The molecule has 15 heteroatoms. The molecule has 39 heavy (non-hydrogen) atoms. The summed E-state index contributed by atoms with van der Waals surface area (Å²) in [6, 6.07) is 0. The van der Waals surface area contributed by atoms with Crippen molar-refractivity contribution in [1.82, 2.24) is 0 Å². The molecule has 0 radical (unpaired) electrons. The van der Waals surface area contributed by atoms with Crippen LogP contribution in [0.25, 0.3) is 0 Å². The van der Waals surface area contributed by atoms with Crippen LogP contribution in [0.4, 0.5) is 0 Å². The first-order chi connectivity index (χ1) is 17.5. The molecular weight excluding hydrogens is 577 g/mol. The number of aliphatic hydroxyl groups is 4. The zero-order valence-electron chi connectivity index (χ0n) is 25.8. The molecule has 10 atom stereocenters. The van der Waals surface area contributed by atoms with E-state index in [1.807, 2.05) is 39.3 Å². The van der Waals surface area contributed by atoms with Crippen molar-refractivity contribution in [2.24, 2.45) is 0 Å². The van der Waals surface area contributed by atoms with Crippen molar-refractivity contribution in [3.05, 3.63) is 0 Å². The second-order valence-electron chi connectivity index (χ2n) is 14.3. The van der Waals surface area contributed by atoms with E-state index in [1.54, 1.807) is 0 Å². The second-order valence-corrected chi connectivity index (χ2v) is 32.2. The fourth-order valence-corrected chi connectivity index (χ4v) is 8.97. The summed E-state index contributed by atoms with van der Waals surface area (Å²) in [6.45, 7) is 23.6. The van der Waals surface area contributed by atoms with Crippen molar-refractivity contribution in [1.29, 1.82) is 0 Å². The lowest BCUT2D eigenvalue weighted by atomic mass is 9.98. The third kappa shape index (κ3) is 10.9. The SMILES string of the molecule is C[Si](C)(C)O[C@@H]1[C@@H](O[Si](C)(C)C)[C@@H](O[C@H]2O[C@H](CO)[C@@H](O[Si](C)(C)C)[C@H](O)[C@H]2O)O[C@H](CO)[C@H]1O[Si](C)(C)C. The van der Waals surface area contributed by atoms with E-state index in [9.17, 15) is 20.4 Å². The Morgan fingerprint density at radius 1 is 0.487 bits per heavy atom. The summed E-state index contributed by atoms with van der Waals surface area (Å²) in [6.07, 6.45) is -9.91. The van der Waals surface area contributed by atoms with Crippen LogP contribution in [0.3, 0.4) is 0 Å². The molecule has 0 aromatic carbocycles. The van der Waals surface area contributed by atoms with Gasteiger partial charge in [0.1, 0.15) is 48.8 Å². The largest absolute Gasteiger partial charge is 0.409 e. The molecule has 0 spiro atoms. The van der Waals surface area contributed by atoms with Crippen molar-refractivity contribution >= 4 is 33.3 Å². The molecule has 0 amide bonds. The molecule has 4 N–H and O–H groups in total. The van der Waals surface area contributed by atoms with Crippen LogP contribution in [0.2, 0.25) is 78.6 Å². The van der Waals surface area contributed by atoms with Crippen LogP contribution >= 0.6 is 0 Å². The summed E-state index contributed by atoms with van der Waals surface area (Å²) in [5.74, 6) is 0. The van der Waals surface area contributed by atoms with Crippen LogP contribution in [0.1, 0.15) is 0 Å². The lowest BCUT2D eigenvalue weighted by Gasteiger charge is -2.51. The molecule has 2 aliphatic rings. The van der Waals surface area contributed by atoms with Crippen molar-refractivity contribution in [3.63, 3.8) is 0 Å². The standard InChI is InChI=1S/C24H54O11Si4/c1-36(2,3)32-19-15(13-25)29-23(18(28)17(19)27)31-24-22(35-39(10,11)12)21(34-38(7,8)9)20(16(14-26)30-24)33-37(4,5)6/h15-28H,13-14H2,1-12H3/t15-,16-,17-,18-,19-,20-,21+,22-,23-,24-/m1/s1. The predicted octanol–water partition coefficient (Wildman–Crippen LogP) is 2.04. The van der Waals surface area contributed by atoms with Gasteiger partial charge in [-0.05, 0) is 78.6 Å². The topological polar surface area (TPSA) is 146 Å². The molecule has 0 aromatic heterocycles. The van der Waals surface area contributed by atoms with Gasteiger partial charge in [-0.3, -0.25) is 0 Å². The van der Waals surface area contributed by atoms with Crippen LogP contribution in [0, 0.1) is 0 Å².